The molecule has 1 atom stereocenters. The van der Waals surface area contributed by atoms with Gasteiger partial charge in [-0.1, -0.05) is 24.9 Å². The first kappa shape index (κ1) is 14.3. The lowest BCUT2D eigenvalue weighted by molar-refractivity contribution is 0.251. The van der Waals surface area contributed by atoms with Crippen LogP contribution in [0.25, 0.3) is 5.65 Å². The Morgan fingerprint density at radius 1 is 1.42 bits per heavy atom. The van der Waals surface area contributed by atoms with Gasteiger partial charge >= 0.3 is 0 Å². The molecule has 0 fully saturated rings. The number of halogens is 1. The lowest BCUT2D eigenvalue weighted by Crippen LogP contribution is -2.23. The molecule has 0 amide bonds. The monoisotopic (exact) mass is 281 g/mol. The lowest BCUT2D eigenvalue weighted by atomic mass is 10.0. The fourth-order valence-corrected chi connectivity index (χ4v) is 2.31. The highest BCUT2D eigenvalue weighted by Crippen LogP contribution is 2.12. The fraction of sp³-hybridized carbons (Fsp3) is 0.500. The Kier molecular flexibility index (Phi) is 5.19. The van der Waals surface area contributed by atoms with Gasteiger partial charge in [0.15, 0.2) is 0 Å². The largest absolute Gasteiger partial charge is 0.396 e. The molecule has 2 rings (SSSR count). The first-order valence-corrected chi connectivity index (χ1v) is 7.05. The number of aromatic nitrogens is 2. The zero-order valence-corrected chi connectivity index (χ0v) is 11.9. The average molecular weight is 282 g/mol. The number of rotatable bonds is 7. The van der Waals surface area contributed by atoms with Crippen molar-refractivity contribution in [2.45, 2.75) is 26.3 Å². The van der Waals surface area contributed by atoms with Crippen molar-refractivity contribution in [3.05, 3.63) is 35.2 Å². The number of aliphatic hydroxyl groups excluding tert-OH is 1. The van der Waals surface area contributed by atoms with Crippen LogP contribution in [0, 0.1) is 5.92 Å². The Hall–Kier alpha value is -1.10. The van der Waals surface area contributed by atoms with Gasteiger partial charge in [0.1, 0.15) is 5.65 Å². The third kappa shape index (κ3) is 3.93. The molecule has 0 aliphatic rings. The molecule has 2 aromatic rings. The lowest BCUT2D eigenvalue weighted by Gasteiger charge is -2.13. The third-order valence-electron chi connectivity index (χ3n) is 3.32. The smallest absolute Gasteiger partial charge is 0.137 e. The number of nitrogens with one attached hydrogen (secondary N) is 1. The van der Waals surface area contributed by atoms with Gasteiger partial charge in [-0.3, -0.25) is 0 Å². The maximum absolute atomic E-state index is 8.95. The second-order valence-electron chi connectivity index (χ2n) is 4.76. The molecule has 5 heteroatoms. The van der Waals surface area contributed by atoms with Gasteiger partial charge in [-0.15, -0.1) is 0 Å². The van der Waals surface area contributed by atoms with Gasteiger partial charge in [0.05, 0.1) is 10.7 Å². The molecular formula is C14H20ClN3O. The molecule has 0 aliphatic carbocycles. The van der Waals surface area contributed by atoms with Crippen LogP contribution >= 0.6 is 11.6 Å². The molecule has 4 nitrogen and oxygen atoms in total. The van der Waals surface area contributed by atoms with Gasteiger partial charge in [0.2, 0.25) is 0 Å². The number of imidazole rings is 1. The quantitative estimate of drug-likeness (QED) is 0.820. The van der Waals surface area contributed by atoms with E-state index in [0.29, 0.717) is 10.9 Å². The van der Waals surface area contributed by atoms with Crippen molar-refractivity contribution in [2.24, 2.45) is 5.92 Å². The molecule has 0 radical (unpaired) electrons. The summed E-state index contributed by atoms with van der Waals surface area (Å²) in [6.07, 6.45) is 5.77. The van der Waals surface area contributed by atoms with E-state index in [4.69, 9.17) is 16.7 Å². The highest BCUT2D eigenvalue weighted by Gasteiger charge is 2.06. The molecule has 2 N–H and O–H groups in total. The van der Waals surface area contributed by atoms with Crippen LogP contribution in [-0.2, 0) is 6.54 Å². The fourth-order valence-electron chi connectivity index (χ4n) is 2.14. The van der Waals surface area contributed by atoms with Gasteiger partial charge < -0.3 is 14.8 Å². The Bertz CT molecular complexity index is 526. The van der Waals surface area contributed by atoms with Crippen molar-refractivity contribution in [1.82, 2.24) is 14.7 Å². The third-order valence-corrected chi connectivity index (χ3v) is 3.54. The van der Waals surface area contributed by atoms with Gasteiger partial charge in [-0.25, -0.2) is 4.98 Å². The van der Waals surface area contributed by atoms with Crippen LogP contribution in [-0.4, -0.2) is 27.6 Å². The maximum atomic E-state index is 8.95. The zero-order valence-electron chi connectivity index (χ0n) is 11.1. The van der Waals surface area contributed by atoms with E-state index < -0.39 is 0 Å². The van der Waals surface area contributed by atoms with E-state index in [1.807, 2.05) is 28.9 Å². The van der Waals surface area contributed by atoms with Crippen LogP contribution in [0.15, 0.2) is 24.5 Å². The molecule has 0 spiro atoms. The molecule has 0 aliphatic heterocycles. The van der Waals surface area contributed by atoms with Crippen molar-refractivity contribution in [1.29, 1.82) is 0 Å². The van der Waals surface area contributed by atoms with Crippen LogP contribution in [0.1, 0.15) is 25.5 Å². The number of hydrogen-bond acceptors (Lipinski definition) is 3. The van der Waals surface area contributed by atoms with Crippen molar-refractivity contribution >= 4 is 17.2 Å². The van der Waals surface area contributed by atoms with Crippen LogP contribution < -0.4 is 5.32 Å². The minimum absolute atomic E-state index is 0.257. The van der Waals surface area contributed by atoms with E-state index in [0.717, 1.165) is 37.3 Å². The summed E-state index contributed by atoms with van der Waals surface area (Å²) in [5.74, 6) is 0.525. The predicted octanol–water partition coefficient (Wildman–Crippen LogP) is 2.49. The van der Waals surface area contributed by atoms with Crippen molar-refractivity contribution in [2.75, 3.05) is 13.2 Å². The summed E-state index contributed by atoms with van der Waals surface area (Å²) in [6, 6.07) is 3.75. The molecule has 0 bridgehead atoms. The van der Waals surface area contributed by atoms with Gasteiger partial charge in [-0.2, -0.15) is 0 Å². The van der Waals surface area contributed by atoms with Crippen LogP contribution in [0.5, 0.6) is 0 Å². The van der Waals surface area contributed by atoms with Gasteiger partial charge in [-0.05, 0) is 31.0 Å². The molecule has 0 saturated carbocycles. The minimum atomic E-state index is 0.257. The summed E-state index contributed by atoms with van der Waals surface area (Å²) in [4.78, 5) is 4.51. The second-order valence-corrected chi connectivity index (χ2v) is 5.20. The number of aliphatic hydroxyl groups is 1. The summed E-state index contributed by atoms with van der Waals surface area (Å²) >= 11 is 5.94. The van der Waals surface area contributed by atoms with E-state index in [1.165, 1.54) is 0 Å². The Morgan fingerprint density at radius 3 is 3.00 bits per heavy atom. The van der Waals surface area contributed by atoms with Crippen molar-refractivity contribution < 1.29 is 5.11 Å². The van der Waals surface area contributed by atoms with Crippen LogP contribution in [0.2, 0.25) is 5.02 Å². The zero-order chi connectivity index (χ0) is 13.7. The number of fused-ring (bicyclic) bond motifs is 1. The van der Waals surface area contributed by atoms with Crippen molar-refractivity contribution in [3.63, 3.8) is 0 Å². The highest BCUT2D eigenvalue weighted by atomic mass is 35.5. The normalized spacial score (nSPS) is 13.0. The Labute approximate surface area is 118 Å². The van der Waals surface area contributed by atoms with Gasteiger partial charge in [0, 0.05) is 25.5 Å². The minimum Gasteiger partial charge on any atom is -0.396 e. The molecule has 19 heavy (non-hydrogen) atoms. The number of nitrogens with zero attached hydrogens (tertiary/aromatic N) is 2. The number of hydrogen-bond donors (Lipinski definition) is 2. The standard InChI is InChI=1S/C14H20ClN3O/c1-2-11(5-6-19)7-16-8-13-10-18-9-12(15)3-4-14(18)17-13/h3-4,9-11,16,19H,2,5-8H2,1H3. The summed E-state index contributed by atoms with van der Waals surface area (Å²) in [5, 5.41) is 13.0. The molecule has 1 unspecified atom stereocenters. The SMILES string of the molecule is CCC(CCO)CNCc1cn2cc(Cl)ccc2n1. The summed E-state index contributed by atoms with van der Waals surface area (Å²) in [6.45, 7) is 4.05. The first-order chi connectivity index (χ1) is 9.22. The van der Waals surface area contributed by atoms with Crippen LogP contribution in [0.4, 0.5) is 0 Å². The first-order valence-electron chi connectivity index (χ1n) is 6.67. The van der Waals surface area contributed by atoms with E-state index in [2.05, 4.69) is 17.2 Å². The molecule has 0 aromatic carbocycles. The van der Waals surface area contributed by atoms with E-state index in [9.17, 15) is 0 Å². The van der Waals surface area contributed by atoms with Crippen LogP contribution in [0.3, 0.4) is 0 Å². The van der Waals surface area contributed by atoms with Crippen molar-refractivity contribution in [3.8, 4) is 0 Å². The molecular weight excluding hydrogens is 262 g/mol. The summed E-state index contributed by atoms with van der Waals surface area (Å²) in [5.41, 5.74) is 1.91. The van der Waals surface area contributed by atoms with Gasteiger partial charge in [0.25, 0.3) is 0 Å². The average Bonchev–Trinajstić information content (AvgIpc) is 2.79. The van der Waals surface area contributed by atoms with E-state index in [1.54, 1.807) is 0 Å². The predicted molar refractivity (Wildman–Crippen MR) is 77.4 cm³/mol. The summed E-state index contributed by atoms with van der Waals surface area (Å²) < 4.78 is 1.93. The van der Waals surface area contributed by atoms with E-state index >= 15 is 0 Å². The Morgan fingerprint density at radius 2 is 2.26 bits per heavy atom. The summed E-state index contributed by atoms with van der Waals surface area (Å²) in [7, 11) is 0. The molecule has 2 aromatic heterocycles. The number of pyridine rings is 1. The molecule has 2 heterocycles. The molecule has 0 saturated heterocycles. The highest BCUT2D eigenvalue weighted by molar-refractivity contribution is 6.30. The van der Waals surface area contributed by atoms with E-state index in [-0.39, 0.29) is 6.61 Å². The topological polar surface area (TPSA) is 49.6 Å². The molecule has 104 valence electrons. The second kappa shape index (κ2) is 6.89. The Balaban J connectivity index is 1.91. The maximum Gasteiger partial charge on any atom is 0.137 e.